The number of hydrogen-bond donors (Lipinski definition) is 0. The molecule has 0 saturated heterocycles. The molecule has 3 heterocycles. The number of anilines is 1. The second-order valence-electron chi connectivity index (χ2n) is 6.57. The van der Waals surface area contributed by atoms with Crippen molar-refractivity contribution in [1.82, 2.24) is 14.8 Å². The molecule has 6 nitrogen and oxygen atoms in total. The Morgan fingerprint density at radius 2 is 2.00 bits per heavy atom. The lowest BCUT2D eigenvalue weighted by molar-refractivity contribution is -0.141. The second-order valence-corrected chi connectivity index (χ2v) is 6.57. The summed E-state index contributed by atoms with van der Waals surface area (Å²) < 4.78 is 73.1. The molecule has 0 bridgehead atoms. The van der Waals surface area contributed by atoms with Crippen molar-refractivity contribution >= 4 is 22.5 Å². The Hall–Kier alpha value is -3.50. The van der Waals surface area contributed by atoms with E-state index in [4.69, 9.17) is 4.74 Å². The molecule has 3 aromatic rings. The van der Waals surface area contributed by atoms with Gasteiger partial charge in [-0.25, -0.2) is 4.98 Å². The molecule has 30 heavy (non-hydrogen) atoms. The van der Waals surface area contributed by atoms with Gasteiger partial charge in [0.05, 0.1) is 11.2 Å². The van der Waals surface area contributed by atoms with Gasteiger partial charge in [-0.15, -0.1) is 0 Å². The highest BCUT2D eigenvalue weighted by atomic mass is 19.4. The lowest BCUT2D eigenvalue weighted by Crippen LogP contribution is -2.35. The average Bonchev–Trinajstić information content (AvgIpc) is 3.01. The van der Waals surface area contributed by atoms with E-state index in [0.717, 1.165) is 29.2 Å². The van der Waals surface area contributed by atoms with E-state index in [1.807, 2.05) is 0 Å². The Kier molecular flexibility index (Phi) is 4.48. The molecule has 0 radical (unpaired) electrons. The van der Waals surface area contributed by atoms with Crippen LogP contribution in [-0.2, 0) is 13.2 Å². The Labute approximate surface area is 166 Å². The lowest BCUT2D eigenvalue weighted by atomic mass is 10.1. The number of alkyl halides is 5. The predicted molar refractivity (Wildman–Crippen MR) is 96.3 cm³/mol. The zero-order valence-electron chi connectivity index (χ0n) is 15.3. The third-order valence-electron chi connectivity index (χ3n) is 4.34. The molecule has 2 aromatic heterocycles. The van der Waals surface area contributed by atoms with Gasteiger partial charge in [0.15, 0.2) is 5.75 Å². The van der Waals surface area contributed by atoms with Crippen LogP contribution in [0.4, 0.5) is 27.6 Å². The first-order valence-electron chi connectivity index (χ1n) is 8.61. The van der Waals surface area contributed by atoms with Crippen LogP contribution < -0.4 is 9.64 Å². The van der Waals surface area contributed by atoms with Gasteiger partial charge >= 0.3 is 12.3 Å². The van der Waals surface area contributed by atoms with Crippen LogP contribution in [0.25, 0.3) is 10.9 Å². The van der Waals surface area contributed by atoms with Crippen molar-refractivity contribution in [1.29, 1.82) is 0 Å². The number of pyridine rings is 1. The van der Waals surface area contributed by atoms with E-state index in [-0.39, 0.29) is 18.0 Å². The maximum Gasteiger partial charge on any atom is 0.433 e. The zero-order valence-corrected chi connectivity index (χ0v) is 15.3. The van der Waals surface area contributed by atoms with Gasteiger partial charge in [-0.3, -0.25) is 14.4 Å². The largest absolute Gasteiger partial charge is 0.433 e. The Morgan fingerprint density at radius 1 is 1.23 bits per heavy atom. The smallest absolute Gasteiger partial charge is 0.427 e. The Morgan fingerprint density at radius 3 is 2.73 bits per heavy atom. The number of aromatic nitrogens is 3. The molecule has 0 aliphatic carbocycles. The Balaban J connectivity index is 1.84. The normalized spacial score (nSPS) is 17.1. The number of halogens is 5. The van der Waals surface area contributed by atoms with Crippen LogP contribution in [0.5, 0.6) is 5.75 Å². The number of amides is 1. The first-order chi connectivity index (χ1) is 14.0. The Bertz CT molecular complexity index is 1170. The highest BCUT2D eigenvalue weighted by Crippen LogP contribution is 2.38. The van der Waals surface area contributed by atoms with Crippen molar-refractivity contribution < 1.29 is 31.5 Å². The minimum Gasteiger partial charge on any atom is -0.427 e. The molecule has 156 valence electrons. The number of aryl methyl sites for hydroxylation is 1. The van der Waals surface area contributed by atoms with Crippen molar-refractivity contribution in [2.75, 3.05) is 11.4 Å². The van der Waals surface area contributed by atoms with Gasteiger partial charge in [0, 0.05) is 37.3 Å². The van der Waals surface area contributed by atoms with Crippen molar-refractivity contribution in [2.24, 2.45) is 7.05 Å². The van der Waals surface area contributed by atoms with E-state index in [0.29, 0.717) is 17.0 Å². The molecule has 0 atom stereocenters. The first kappa shape index (κ1) is 19.8. The van der Waals surface area contributed by atoms with Crippen molar-refractivity contribution in [3.05, 3.63) is 60.1 Å². The number of nitrogens with zero attached hydrogens (tertiary/aromatic N) is 4. The fourth-order valence-corrected chi connectivity index (χ4v) is 3.07. The van der Waals surface area contributed by atoms with Gasteiger partial charge in [-0.2, -0.15) is 27.1 Å². The molecular weight excluding hydrogens is 411 g/mol. The van der Waals surface area contributed by atoms with E-state index >= 15 is 0 Å². The number of hydrogen-bond acceptors (Lipinski definition) is 4. The minimum absolute atomic E-state index is 0.0382. The summed E-state index contributed by atoms with van der Waals surface area (Å²) in [5, 5.41) is 4.65. The summed E-state index contributed by atoms with van der Waals surface area (Å²) in [7, 11) is 1.63. The van der Waals surface area contributed by atoms with Crippen LogP contribution in [-0.4, -0.2) is 33.3 Å². The van der Waals surface area contributed by atoms with Crippen LogP contribution in [0.3, 0.4) is 0 Å². The second kappa shape index (κ2) is 6.78. The first-order valence-corrected chi connectivity index (χ1v) is 8.61. The molecule has 0 saturated carbocycles. The summed E-state index contributed by atoms with van der Waals surface area (Å²) in [6.45, 7) is -0.325. The molecular formula is C19H13F5N4O2. The summed E-state index contributed by atoms with van der Waals surface area (Å²) >= 11 is 0. The van der Waals surface area contributed by atoms with Crippen molar-refractivity contribution in [3.8, 4) is 5.75 Å². The lowest BCUT2D eigenvalue weighted by Gasteiger charge is -2.27. The number of rotatable bonds is 1. The van der Waals surface area contributed by atoms with Gasteiger partial charge in [0.25, 0.3) is 5.91 Å². The average molecular weight is 424 g/mol. The van der Waals surface area contributed by atoms with Gasteiger partial charge in [0.1, 0.15) is 11.4 Å². The number of ether oxygens (including phenoxy) is 1. The number of carbonyl (C=O) groups excluding carboxylic acids is 1. The van der Waals surface area contributed by atoms with E-state index in [2.05, 4.69) is 10.1 Å². The summed E-state index contributed by atoms with van der Waals surface area (Å²) in [4.78, 5) is 17.4. The van der Waals surface area contributed by atoms with E-state index in [1.54, 1.807) is 13.2 Å². The van der Waals surface area contributed by atoms with E-state index < -0.39 is 29.6 Å². The number of fused-ring (bicyclic) bond motifs is 2. The predicted octanol–water partition coefficient (Wildman–Crippen LogP) is 4.18. The van der Waals surface area contributed by atoms with Crippen molar-refractivity contribution in [2.45, 2.75) is 12.3 Å². The fraction of sp³-hybridized carbons (Fsp3) is 0.211. The molecule has 1 aliphatic rings. The van der Waals surface area contributed by atoms with Crippen LogP contribution in [0.2, 0.25) is 0 Å². The molecule has 0 spiro atoms. The fourth-order valence-electron chi connectivity index (χ4n) is 3.07. The summed E-state index contributed by atoms with van der Waals surface area (Å²) in [5.41, 5.74) is -1.41. The molecule has 11 heteroatoms. The summed E-state index contributed by atoms with van der Waals surface area (Å²) in [6, 6.07) is 5.58. The number of benzene rings is 1. The van der Waals surface area contributed by atoms with Crippen molar-refractivity contribution in [3.63, 3.8) is 0 Å². The van der Waals surface area contributed by atoms with Crippen LogP contribution >= 0.6 is 0 Å². The number of carbonyl (C=O) groups is 1. The third-order valence-corrected chi connectivity index (χ3v) is 4.34. The molecule has 1 amide bonds. The zero-order chi connectivity index (χ0) is 21.7. The molecule has 4 rings (SSSR count). The standard InChI is InChI=1S/C19H13F5N4O2/c1-27-10-11-8-14-15(9-13(11)26-27)30-18(20,21)6-3-7-28(14)17(29)12-4-2-5-16(25-12)19(22,23)24/h2-6,8-10H,7H2,1H3/b6-3+. The molecule has 1 aromatic carbocycles. The molecule has 0 unspecified atom stereocenters. The quantitative estimate of drug-likeness (QED) is 0.435. The highest BCUT2D eigenvalue weighted by Gasteiger charge is 2.35. The topological polar surface area (TPSA) is 60.2 Å². The van der Waals surface area contributed by atoms with Gasteiger partial charge < -0.3 is 4.74 Å². The molecule has 1 aliphatic heterocycles. The van der Waals surface area contributed by atoms with E-state index in [9.17, 15) is 26.7 Å². The van der Waals surface area contributed by atoms with E-state index in [1.165, 1.54) is 16.8 Å². The minimum atomic E-state index is -4.74. The SMILES string of the molecule is Cn1cc2cc3c(cc2n1)OC(F)(F)/C=C/CN3C(=O)c1cccc(C(F)(F)F)n1. The van der Waals surface area contributed by atoms with Crippen LogP contribution in [0.1, 0.15) is 16.2 Å². The van der Waals surface area contributed by atoms with Gasteiger partial charge in [-0.1, -0.05) is 12.1 Å². The van der Waals surface area contributed by atoms with Gasteiger partial charge in [-0.05, 0) is 18.2 Å². The maximum atomic E-state index is 14.0. The molecule has 0 fully saturated rings. The molecule has 0 N–H and O–H groups in total. The summed E-state index contributed by atoms with van der Waals surface area (Å²) in [6.07, 6.45) is -5.30. The van der Waals surface area contributed by atoms with Gasteiger partial charge in [0.2, 0.25) is 0 Å². The van der Waals surface area contributed by atoms with Crippen LogP contribution in [0, 0.1) is 0 Å². The van der Waals surface area contributed by atoms with Crippen LogP contribution in [0.15, 0.2) is 48.7 Å². The monoisotopic (exact) mass is 424 g/mol. The summed E-state index contributed by atoms with van der Waals surface area (Å²) in [5.74, 6) is -1.24. The third kappa shape index (κ3) is 3.70. The maximum absolute atomic E-state index is 14.0. The highest BCUT2D eigenvalue weighted by molar-refractivity contribution is 6.07.